The number of Topliss-reactive ketones (excluding diaryl/α,β-unsaturated/α-hetero) is 1. The summed E-state index contributed by atoms with van der Waals surface area (Å²) in [7, 11) is 0. The van der Waals surface area contributed by atoms with Crippen LogP contribution < -0.4 is 15.1 Å². The Hall–Kier alpha value is -2.64. The Morgan fingerprint density at radius 2 is 2.21 bits per heavy atom. The van der Waals surface area contributed by atoms with Crippen molar-refractivity contribution < 1.29 is 23.5 Å². The van der Waals surface area contributed by atoms with E-state index in [9.17, 15) is 18.8 Å². The molecule has 1 N–H and O–H groups in total. The predicted octanol–water partition coefficient (Wildman–Crippen LogP) is 1.07. The number of amides is 2. The zero-order chi connectivity index (χ0) is 17.3. The summed E-state index contributed by atoms with van der Waals surface area (Å²) in [6, 6.07) is 4.46. The van der Waals surface area contributed by atoms with Crippen LogP contribution in [-0.4, -0.2) is 50.1 Å². The third kappa shape index (κ3) is 3.32. The van der Waals surface area contributed by atoms with Crippen LogP contribution in [0.25, 0.3) is 0 Å². The highest BCUT2D eigenvalue weighted by molar-refractivity contribution is 5.91. The minimum Gasteiger partial charge on any atom is -0.442 e. The molecule has 8 heteroatoms. The average molecular weight is 335 g/mol. The highest BCUT2D eigenvalue weighted by atomic mass is 19.1. The van der Waals surface area contributed by atoms with Crippen LogP contribution in [0.4, 0.5) is 20.6 Å². The van der Waals surface area contributed by atoms with Crippen LogP contribution in [0.1, 0.15) is 13.3 Å². The van der Waals surface area contributed by atoms with E-state index in [1.807, 2.05) is 0 Å². The van der Waals surface area contributed by atoms with Crippen molar-refractivity contribution in [3.8, 4) is 0 Å². The highest BCUT2D eigenvalue weighted by Crippen LogP contribution is 2.29. The number of rotatable bonds is 4. The molecule has 0 spiro atoms. The number of anilines is 2. The van der Waals surface area contributed by atoms with Crippen molar-refractivity contribution in [3.63, 3.8) is 0 Å². The lowest BCUT2D eigenvalue weighted by Gasteiger charge is -2.19. The van der Waals surface area contributed by atoms with Crippen molar-refractivity contribution in [3.05, 3.63) is 24.0 Å². The fourth-order valence-electron chi connectivity index (χ4n) is 2.85. The Kier molecular flexibility index (Phi) is 4.37. The second kappa shape index (κ2) is 6.46. The van der Waals surface area contributed by atoms with E-state index in [4.69, 9.17) is 4.74 Å². The van der Waals surface area contributed by atoms with Gasteiger partial charge >= 0.3 is 6.09 Å². The van der Waals surface area contributed by atoms with Crippen molar-refractivity contribution in [1.29, 1.82) is 0 Å². The molecule has 1 aromatic carbocycles. The van der Waals surface area contributed by atoms with Gasteiger partial charge in [-0.1, -0.05) is 0 Å². The highest BCUT2D eigenvalue weighted by Gasteiger charge is 2.33. The van der Waals surface area contributed by atoms with Crippen LogP contribution in [-0.2, 0) is 14.3 Å². The molecule has 0 radical (unpaired) electrons. The molecule has 2 aliphatic heterocycles. The Morgan fingerprint density at radius 1 is 1.42 bits per heavy atom. The number of halogens is 1. The largest absolute Gasteiger partial charge is 0.442 e. The summed E-state index contributed by atoms with van der Waals surface area (Å²) >= 11 is 0. The number of carbonyl (C=O) groups excluding carboxylic acids is 3. The normalized spacial score (nSPS) is 20.5. The first-order chi connectivity index (χ1) is 11.4. The van der Waals surface area contributed by atoms with E-state index >= 15 is 0 Å². The molecule has 128 valence electrons. The molecule has 2 saturated heterocycles. The summed E-state index contributed by atoms with van der Waals surface area (Å²) in [5.74, 6) is -0.609. The third-order valence-corrected chi connectivity index (χ3v) is 4.06. The van der Waals surface area contributed by atoms with Crippen molar-refractivity contribution in [1.82, 2.24) is 5.32 Å². The van der Waals surface area contributed by atoms with Crippen molar-refractivity contribution in [2.24, 2.45) is 0 Å². The molecule has 2 heterocycles. The monoisotopic (exact) mass is 335 g/mol. The predicted molar refractivity (Wildman–Crippen MR) is 84.5 cm³/mol. The minimum absolute atomic E-state index is 0.0856. The fourth-order valence-corrected chi connectivity index (χ4v) is 2.85. The van der Waals surface area contributed by atoms with Crippen LogP contribution in [0, 0.1) is 5.82 Å². The Balaban J connectivity index is 1.71. The second-order valence-electron chi connectivity index (χ2n) is 5.90. The summed E-state index contributed by atoms with van der Waals surface area (Å²) in [5, 5.41) is 2.59. The molecule has 0 aliphatic carbocycles. The van der Waals surface area contributed by atoms with Crippen LogP contribution in [0.2, 0.25) is 0 Å². The Labute approximate surface area is 138 Å². The molecule has 2 fully saturated rings. The molecule has 2 amide bonds. The van der Waals surface area contributed by atoms with Crippen LogP contribution in [0.15, 0.2) is 18.2 Å². The number of ketones is 1. The SMILES string of the molecule is CC(=O)NCC1CN(c2ccc(N3CCC(=O)C3)c(F)c2)C(=O)O1. The van der Waals surface area contributed by atoms with Gasteiger partial charge in [-0.2, -0.15) is 0 Å². The first kappa shape index (κ1) is 16.2. The Morgan fingerprint density at radius 3 is 2.83 bits per heavy atom. The molecular formula is C16H18FN3O4. The van der Waals surface area contributed by atoms with Gasteiger partial charge in [0.1, 0.15) is 11.9 Å². The number of nitrogens with zero attached hydrogens (tertiary/aromatic N) is 2. The average Bonchev–Trinajstić information content (AvgIpc) is 3.11. The van der Waals surface area contributed by atoms with Gasteiger partial charge in [-0.05, 0) is 18.2 Å². The van der Waals surface area contributed by atoms with E-state index in [0.717, 1.165) is 0 Å². The quantitative estimate of drug-likeness (QED) is 0.890. The molecule has 1 unspecified atom stereocenters. The summed E-state index contributed by atoms with van der Waals surface area (Å²) in [5.41, 5.74) is 0.740. The maximum Gasteiger partial charge on any atom is 0.414 e. The van der Waals surface area contributed by atoms with Gasteiger partial charge in [-0.3, -0.25) is 14.5 Å². The van der Waals surface area contributed by atoms with E-state index in [-0.39, 0.29) is 31.3 Å². The molecule has 0 aromatic heterocycles. The number of benzene rings is 1. The van der Waals surface area contributed by atoms with Gasteiger partial charge in [0.15, 0.2) is 5.78 Å². The smallest absolute Gasteiger partial charge is 0.414 e. The van der Waals surface area contributed by atoms with Gasteiger partial charge in [0.2, 0.25) is 5.91 Å². The number of hydrogen-bond donors (Lipinski definition) is 1. The van der Waals surface area contributed by atoms with Gasteiger partial charge in [0.25, 0.3) is 0 Å². The van der Waals surface area contributed by atoms with E-state index in [2.05, 4.69) is 5.32 Å². The van der Waals surface area contributed by atoms with Crippen molar-refractivity contribution in [2.75, 3.05) is 36.0 Å². The topological polar surface area (TPSA) is 79.0 Å². The van der Waals surface area contributed by atoms with Crippen molar-refractivity contribution in [2.45, 2.75) is 19.4 Å². The second-order valence-corrected chi connectivity index (χ2v) is 5.90. The third-order valence-electron chi connectivity index (χ3n) is 4.06. The van der Waals surface area contributed by atoms with Crippen LogP contribution in [0.3, 0.4) is 0 Å². The van der Waals surface area contributed by atoms with Crippen LogP contribution >= 0.6 is 0 Å². The molecule has 0 bridgehead atoms. The first-order valence-corrected chi connectivity index (χ1v) is 7.73. The molecular weight excluding hydrogens is 317 g/mol. The summed E-state index contributed by atoms with van der Waals surface area (Å²) < 4.78 is 19.5. The Bertz CT molecular complexity index is 694. The van der Waals surface area contributed by atoms with Crippen molar-refractivity contribution >= 4 is 29.2 Å². The maximum atomic E-state index is 14.4. The van der Waals surface area contributed by atoms with Gasteiger partial charge in [-0.15, -0.1) is 0 Å². The molecule has 3 rings (SSSR count). The molecule has 1 aromatic rings. The lowest BCUT2D eigenvalue weighted by molar-refractivity contribution is -0.119. The molecule has 0 saturated carbocycles. The van der Waals surface area contributed by atoms with E-state index < -0.39 is 18.0 Å². The molecule has 24 heavy (non-hydrogen) atoms. The minimum atomic E-state index is -0.575. The van der Waals surface area contributed by atoms with E-state index in [1.165, 1.54) is 17.9 Å². The number of nitrogens with one attached hydrogen (secondary N) is 1. The number of cyclic esters (lactones) is 1. The summed E-state index contributed by atoms with van der Waals surface area (Å²) in [6.07, 6.45) is -0.626. The van der Waals surface area contributed by atoms with E-state index in [0.29, 0.717) is 24.3 Å². The number of hydrogen-bond acceptors (Lipinski definition) is 5. The molecule has 2 aliphatic rings. The van der Waals surface area contributed by atoms with Gasteiger partial charge < -0.3 is 15.0 Å². The fraction of sp³-hybridized carbons (Fsp3) is 0.438. The number of carbonyl (C=O) groups is 3. The lowest BCUT2D eigenvalue weighted by Crippen LogP contribution is -2.33. The van der Waals surface area contributed by atoms with Gasteiger partial charge in [0, 0.05) is 19.9 Å². The molecule has 1 atom stereocenters. The standard InChI is InChI=1S/C16H18FN3O4/c1-10(21)18-7-13-9-20(16(23)24-13)11-2-3-15(14(17)6-11)19-5-4-12(22)8-19/h2-3,6,13H,4-5,7-9H2,1H3,(H,18,21). The van der Waals surface area contributed by atoms with Gasteiger partial charge in [0.05, 0.1) is 31.0 Å². The zero-order valence-corrected chi connectivity index (χ0v) is 13.3. The van der Waals surface area contributed by atoms with Gasteiger partial charge in [-0.25, -0.2) is 9.18 Å². The van der Waals surface area contributed by atoms with E-state index in [1.54, 1.807) is 17.0 Å². The van der Waals surface area contributed by atoms with Crippen LogP contribution in [0.5, 0.6) is 0 Å². The lowest BCUT2D eigenvalue weighted by atomic mass is 10.2. The zero-order valence-electron chi connectivity index (χ0n) is 13.3. The summed E-state index contributed by atoms with van der Waals surface area (Å²) in [6.45, 7) is 2.54. The maximum absolute atomic E-state index is 14.4. The summed E-state index contributed by atoms with van der Waals surface area (Å²) in [4.78, 5) is 37.2. The molecule has 7 nitrogen and oxygen atoms in total. The first-order valence-electron chi connectivity index (χ1n) is 7.73. The number of ether oxygens (including phenoxy) is 1.